The molecule has 0 radical (unpaired) electrons. The summed E-state index contributed by atoms with van der Waals surface area (Å²) in [4.78, 5) is 27.3. The number of aryl methyl sites for hydroxylation is 1. The molecule has 2 aromatic rings. The van der Waals surface area contributed by atoms with Crippen LogP contribution in [0.25, 0.3) is 0 Å². The predicted molar refractivity (Wildman–Crippen MR) is 76.6 cm³/mol. The van der Waals surface area contributed by atoms with Crippen LogP contribution in [0.15, 0.2) is 29.2 Å². The molecular formula is C16H14F2N2O2. The Kier molecular flexibility index (Phi) is 3.75. The van der Waals surface area contributed by atoms with E-state index in [9.17, 15) is 18.4 Å². The van der Waals surface area contributed by atoms with Gasteiger partial charge in [0.1, 0.15) is 17.2 Å². The lowest BCUT2D eigenvalue weighted by molar-refractivity contribution is 0.0948. The van der Waals surface area contributed by atoms with Gasteiger partial charge in [0.15, 0.2) is 5.43 Å². The second kappa shape index (κ2) is 5.71. The summed E-state index contributed by atoms with van der Waals surface area (Å²) in [5.74, 6) is -2.11. The van der Waals surface area contributed by atoms with E-state index in [2.05, 4.69) is 10.3 Å². The number of pyridine rings is 1. The largest absolute Gasteiger partial charge is 0.364 e. The zero-order valence-electron chi connectivity index (χ0n) is 11.7. The molecule has 4 nitrogen and oxygen atoms in total. The maximum absolute atomic E-state index is 13.5. The van der Waals surface area contributed by atoms with Crippen molar-refractivity contribution in [1.82, 2.24) is 10.3 Å². The summed E-state index contributed by atoms with van der Waals surface area (Å²) in [6.45, 7) is -0.312. The fourth-order valence-corrected chi connectivity index (χ4v) is 2.67. The molecule has 0 saturated carbocycles. The van der Waals surface area contributed by atoms with Crippen LogP contribution in [-0.2, 0) is 19.4 Å². The topological polar surface area (TPSA) is 62.0 Å². The third kappa shape index (κ3) is 2.52. The summed E-state index contributed by atoms with van der Waals surface area (Å²) in [6, 6.07) is 3.49. The normalized spacial score (nSPS) is 13.0. The van der Waals surface area contributed by atoms with Gasteiger partial charge >= 0.3 is 0 Å². The Balaban J connectivity index is 1.80. The standard InChI is InChI=1S/C16H14F2N2O2/c17-12-4-2-5-13(18)10(12)7-20-16(22)11-8-19-14-6-1-3-9(14)15(11)21/h2,4-5,8H,1,3,6-7H2,(H,19,21)(H,20,22). The fraction of sp³-hybridized carbons (Fsp3) is 0.250. The molecule has 22 heavy (non-hydrogen) atoms. The van der Waals surface area contributed by atoms with Crippen molar-refractivity contribution < 1.29 is 13.6 Å². The SMILES string of the molecule is O=C(NCc1c(F)cccc1F)c1c[nH]c2c(c1=O)CCC2. The van der Waals surface area contributed by atoms with Crippen LogP contribution in [0.2, 0.25) is 0 Å². The van der Waals surface area contributed by atoms with Gasteiger partial charge in [-0.3, -0.25) is 9.59 Å². The Morgan fingerprint density at radius 3 is 2.68 bits per heavy atom. The molecule has 2 N–H and O–H groups in total. The van der Waals surface area contributed by atoms with Gasteiger partial charge in [0.25, 0.3) is 5.91 Å². The number of aromatic amines is 1. The number of nitrogens with one attached hydrogen (secondary N) is 2. The third-order valence-electron chi connectivity index (χ3n) is 3.86. The summed E-state index contributed by atoms with van der Waals surface area (Å²) < 4.78 is 27.0. The number of carbonyl (C=O) groups is 1. The van der Waals surface area contributed by atoms with E-state index in [1.807, 2.05) is 0 Å². The number of aromatic nitrogens is 1. The second-order valence-corrected chi connectivity index (χ2v) is 5.23. The van der Waals surface area contributed by atoms with Crippen LogP contribution < -0.4 is 10.7 Å². The average molecular weight is 304 g/mol. The Bertz CT molecular complexity index is 779. The van der Waals surface area contributed by atoms with Crippen LogP contribution in [0.1, 0.15) is 33.6 Å². The second-order valence-electron chi connectivity index (χ2n) is 5.23. The monoisotopic (exact) mass is 304 g/mol. The van der Waals surface area contributed by atoms with E-state index >= 15 is 0 Å². The Morgan fingerprint density at radius 1 is 1.23 bits per heavy atom. The first-order chi connectivity index (χ1) is 10.6. The smallest absolute Gasteiger partial charge is 0.257 e. The number of hydrogen-bond acceptors (Lipinski definition) is 2. The van der Waals surface area contributed by atoms with E-state index < -0.39 is 17.5 Å². The van der Waals surface area contributed by atoms with Gasteiger partial charge < -0.3 is 10.3 Å². The van der Waals surface area contributed by atoms with Crippen molar-refractivity contribution >= 4 is 5.91 Å². The minimum absolute atomic E-state index is 0.0302. The van der Waals surface area contributed by atoms with E-state index in [-0.39, 0.29) is 23.1 Å². The highest BCUT2D eigenvalue weighted by Gasteiger charge is 2.20. The zero-order valence-corrected chi connectivity index (χ0v) is 11.7. The summed E-state index contributed by atoms with van der Waals surface area (Å²) >= 11 is 0. The van der Waals surface area contributed by atoms with E-state index in [1.165, 1.54) is 12.3 Å². The van der Waals surface area contributed by atoms with Crippen LogP contribution >= 0.6 is 0 Å². The molecule has 1 aromatic heterocycles. The van der Waals surface area contributed by atoms with Gasteiger partial charge in [-0.1, -0.05) is 6.07 Å². The van der Waals surface area contributed by atoms with Crippen molar-refractivity contribution in [2.24, 2.45) is 0 Å². The third-order valence-corrected chi connectivity index (χ3v) is 3.86. The molecule has 0 saturated heterocycles. The number of hydrogen-bond donors (Lipinski definition) is 2. The van der Waals surface area contributed by atoms with Gasteiger partial charge in [-0.2, -0.15) is 0 Å². The first-order valence-corrected chi connectivity index (χ1v) is 7.02. The van der Waals surface area contributed by atoms with Crippen molar-refractivity contribution in [2.45, 2.75) is 25.8 Å². The van der Waals surface area contributed by atoms with Crippen molar-refractivity contribution in [3.63, 3.8) is 0 Å². The summed E-state index contributed by atoms with van der Waals surface area (Å²) in [5, 5.41) is 2.39. The van der Waals surface area contributed by atoms with Gasteiger partial charge in [0.05, 0.1) is 0 Å². The molecule has 6 heteroatoms. The minimum Gasteiger partial charge on any atom is -0.364 e. The lowest BCUT2D eigenvalue weighted by Crippen LogP contribution is -2.30. The molecule has 1 aliphatic carbocycles. The molecule has 114 valence electrons. The van der Waals surface area contributed by atoms with Crippen molar-refractivity contribution in [3.8, 4) is 0 Å². The average Bonchev–Trinajstić information content (AvgIpc) is 2.96. The highest BCUT2D eigenvalue weighted by Crippen LogP contribution is 2.16. The first kappa shape index (κ1) is 14.4. The van der Waals surface area contributed by atoms with Crippen molar-refractivity contribution in [3.05, 3.63) is 68.6 Å². The summed E-state index contributed by atoms with van der Waals surface area (Å²) in [6.07, 6.45) is 3.69. The highest BCUT2D eigenvalue weighted by molar-refractivity contribution is 5.94. The molecule has 1 aliphatic rings. The van der Waals surface area contributed by atoms with Gasteiger partial charge in [-0.05, 0) is 31.4 Å². The Hall–Kier alpha value is -2.50. The molecule has 0 unspecified atom stereocenters. The maximum atomic E-state index is 13.5. The molecule has 3 rings (SSSR count). The number of carbonyl (C=O) groups excluding carboxylic acids is 1. The Morgan fingerprint density at radius 2 is 1.95 bits per heavy atom. The molecule has 1 aromatic carbocycles. The lowest BCUT2D eigenvalue weighted by Gasteiger charge is -2.08. The molecule has 0 bridgehead atoms. The molecule has 1 amide bonds. The highest BCUT2D eigenvalue weighted by atomic mass is 19.1. The van der Waals surface area contributed by atoms with Crippen LogP contribution in [0.4, 0.5) is 8.78 Å². The molecule has 0 atom stereocenters. The van der Waals surface area contributed by atoms with Gasteiger partial charge in [-0.15, -0.1) is 0 Å². The first-order valence-electron chi connectivity index (χ1n) is 7.02. The van der Waals surface area contributed by atoms with Crippen LogP contribution in [0, 0.1) is 11.6 Å². The van der Waals surface area contributed by atoms with Crippen molar-refractivity contribution in [2.75, 3.05) is 0 Å². The Labute approximate surface area is 125 Å². The number of halogens is 2. The predicted octanol–water partition coefficient (Wildman–Crippen LogP) is 2.07. The fourth-order valence-electron chi connectivity index (χ4n) is 2.67. The van der Waals surface area contributed by atoms with E-state index in [0.717, 1.165) is 30.7 Å². The number of benzene rings is 1. The molecule has 0 aliphatic heterocycles. The van der Waals surface area contributed by atoms with E-state index in [1.54, 1.807) is 0 Å². The van der Waals surface area contributed by atoms with Gasteiger partial charge in [0, 0.05) is 29.6 Å². The van der Waals surface area contributed by atoms with Crippen LogP contribution in [0.5, 0.6) is 0 Å². The minimum atomic E-state index is -0.733. The van der Waals surface area contributed by atoms with Crippen molar-refractivity contribution in [1.29, 1.82) is 0 Å². The number of fused-ring (bicyclic) bond motifs is 1. The maximum Gasteiger partial charge on any atom is 0.257 e. The lowest BCUT2D eigenvalue weighted by atomic mass is 10.1. The molecule has 0 spiro atoms. The van der Waals surface area contributed by atoms with Gasteiger partial charge in [0.2, 0.25) is 0 Å². The molecular weight excluding hydrogens is 290 g/mol. The number of amides is 1. The van der Waals surface area contributed by atoms with Crippen LogP contribution in [-0.4, -0.2) is 10.9 Å². The molecule has 1 heterocycles. The summed E-state index contributed by atoms with van der Waals surface area (Å²) in [5.41, 5.74) is 0.926. The van der Waals surface area contributed by atoms with E-state index in [0.29, 0.717) is 12.0 Å². The molecule has 0 fully saturated rings. The summed E-state index contributed by atoms with van der Waals surface area (Å²) in [7, 11) is 0. The van der Waals surface area contributed by atoms with Crippen LogP contribution in [0.3, 0.4) is 0 Å². The zero-order chi connectivity index (χ0) is 15.7. The van der Waals surface area contributed by atoms with E-state index in [4.69, 9.17) is 0 Å². The number of rotatable bonds is 3. The number of H-pyrrole nitrogens is 1. The van der Waals surface area contributed by atoms with Gasteiger partial charge in [-0.25, -0.2) is 8.78 Å². The quantitative estimate of drug-likeness (QED) is 0.912.